The number of hydrogen-bond donors (Lipinski definition) is 1. The first-order valence-electron chi connectivity index (χ1n) is 2.53. The Hall–Kier alpha value is -0.0136. The first kappa shape index (κ1) is 11.0. The van der Waals surface area contributed by atoms with Crippen molar-refractivity contribution in [3.05, 3.63) is 38.8 Å². The van der Waals surface area contributed by atoms with Crippen LogP contribution in [-0.2, 0) is 0 Å². The molecule has 0 aliphatic carbocycles. The van der Waals surface area contributed by atoms with Gasteiger partial charge in [0.25, 0.3) is 5.69 Å². The molecule has 6 heteroatoms. The fraction of sp³-hybridized carbons (Fsp3) is 0. The second-order valence-electron chi connectivity index (χ2n) is 1.67. The van der Waals surface area contributed by atoms with E-state index >= 15 is 0 Å². The number of rotatable bonds is 1. The quantitative estimate of drug-likeness (QED) is 0.289. The Morgan fingerprint density at radius 1 is 1.45 bits per heavy atom. The van der Waals surface area contributed by atoms with Gasteiger partial charge >= 0.3 is 51.4 Å². The molecule has 11 heavy (non-hydrogen) atoms. The van der Waals surface area contributed by atoms with E-state index in [2.05, 4.69) is 4.98 Å². The fourth-order valence-corrected chi connectivity index (χ4v) is 0.516. The summed E-state index contributed by atoms with van der Waals surface area (Å²) >= 11 is 0. The third-order valence-electron chi connectivity index (χ3n) is 0.979. The molecule has 0 aromatic carbocycles. The van der Waals surface area contributed by atoms with Crippen LogP contribution in [-0.4, -0.2) is 9.91 Å². The Labute approximate surface area is 104 Å². The largest absolute Gasteiger partial charge is 1.00 e. The Morgan fingerprint density at radius 3 is 2.45 bits per heavy atom. The minimum Gasteiger partial charge on any atom is -0.323 e. The summed E-state index contributed by atoms with van der Waals surface area (Å²) < 4.78 is 0. The molecule has 0 unspecified atom stereocenters. The first-order valence-corrected chi connectivity index (χ1v) is 2.53. The minimum absolute atomic E-state index is 0. The van der Waals surface area contributed by atoms with Crippen molar-refractivity contribution in [2.45, 2.75) is 0 Å². The van der Waals surface area contributed by atoms with Crippen molar-refractivity contribution in [3.8, 4) is 0 Å². The summed E-state index contributed by atoms with van der Waals surface area (Å²) in [7, 11) is 0. The number of nitrogens with one attached hydrogen (secondary N) is 1. The van der Waals surface area contributed by atoms with E-state index < -0.39 is 4.92 Å². The summed E-state index contributed by atoms with van der Waals surface area (Å²) in [6, 6.07) is 2.26. The van der Waals surface area contributed by atoms with Crippen LogP contribution < -0.4 is 56.9 Å². The molecule has 0 fully saturated rings. The second kappa shape index (κ2) is 4.78. The molecule has 1 N–H and O–H groups in total. The van der Waals surface area contributed by atoms with Gasteiger partial charge in [-0.1, -0.05) is 0 Å². The molecule has 0 saturated carbocycles. The number of nitrogens with zero attached hydrogens (tertiary/aromatic N) is 1. The molecule has 0 spiro atoms. The van der Waals surface area contributed by atoms with Gasteiger partial charge in [0, 0.05) is 12.1 Å². The Bertz CT molecular complexity index is 288. The van der Waals surface area contributed by atoms with Crippen LogP contribution in [0.25, 0.3) is 0 Å². The van der Waals surface area contributed by atoms with E-state index in [0.29, 0.717) is 0 Å². The van der Waals surface area contributed by atoms with Gasteiger partial charge < -0.3 is 4.98 Å². The third kappa shape index (κ3) is 3.26. The topological polar surface area (TPSA) is 76.0 Å². The molecule has 52 valence electrons. The number of hydrogen-bond acceptors (Lipinski definition) is 3. The van der Waals surface area contributed by atoms with Gasteiger partial charge in [-0.15, -0.1) is 0 Å². The molecule has 0 saturated heterocycles. The first-order chi connectivity index (χ1) is 4.70. The number of nitro groups is 1. The fourth-order valence-electron chi connectivity index (χ4n) is 0.516. The number of aromatic amines is 1. The van der Waals surface area contributed by atoms with Crippen LogP contribution in [0.5, 0.6) is 0 Å². The zero-order valence-electron chi connectivity index (χ0n) is 5.90. The van der Waals surface area contributed by atoms with Gasteiger partial charge in [0.15, 0.2) is 0 Å². The maximum atomic E-state index is 10.4. The van der Waals surface area contributed by atoms with E-state index in [0.717, 1.165) is 18.3 Å². The van der Waals surface area contributed by atoms with Crippen molar-refractivity contribution in [1.82, 2.24) is 4.98 Å². The SMILES string of the molecule is O=c1ccc([N+](=O)[O-])c[nH]1.[K+]. The molecular formula is C5H4KN2O3+. The Morgan fingerprint density at radius 2 is 2.09 bits per heavy atom. The van der Waals surface area contributed by atoms with Gasteiger partial charge in [0.05, 0.1) is 11.1 Å². The summed E-state index contributed by atoms with van der Waals surface area (Å²) in [5, 5.41) is 10.00. The van der Waals surface area contributed by atoms with E-state index in [9.17, 15) is 14.9 Å². The zero-order valence-corrected chi connectivity index (χ0v) is 9.03. The van der Waals surface area contributed by atoms with Crippen molar-refractivity contribution in [2.75, 3.05) is 0 Å². The Kier molecular flexibility index (Phi) is 4.78. The molecule has 5 nitrogen and oxygen atoms in total. The predicted molar refractivity (Wildman–Crippen MR) is 33.7 cm³/mol. The van der Waals surface area contributed by atoms with Crippen LogP contribution in [0.3, 0.4) is 0 Å². The molecule has 1 heterocycles. The summed E-state index contributed by atoms with van der Waals surface area (Å²) in [4.78, 5) is 22.0. The van der Waals surface area contributed by atoms with Gasteiger partial charge in [-0.05, 0) is 0 Å². The van der Waals surface area contributed by atoms with E-state index in [4.69, 9.17) is 0 Å². The normalized spacial score (nSPS) is 8.36. The number of pyridine rings is 1. The van der Waals surface area contributed by atoms with Crippen LogP contribution in [0.4, 0.5) is 5.69 Å². The molecule has 0 atom stereocenters. The molecule has 1 rings (SSSR count). The van der Waals surface area contributed by atoms with Gasteiger partial charge in [-0.2, -0.15) is 0 Å². The van der Waals surface area contributed by atoms with Crippen LogP contribution in [0.2, 0.25) is 0 Å². The monoisotopic (exact) mass is 179 g/mol. The van der Waals surface area contributed by atoms with E-state index in [-0.39, 0.29) is 62.6 Å². The molecule has 0 amide bonds. The van der Waals surface area contributed by atoms with E-state index in [1.165, 1.54) is 0 Å². The van der Waals surface area contributed by atoms with Crippen molar-refractivity contribution in [1.29, 1.82) is 0 Å². The average Bonchev–Trinajstić information content (AvgIpc) is 1.88. The summed E-state index contributed by atoms with van der Waals surface area (Å²) in [5.41, 5.74) is -0.454. The van der Waals surface area contributed by atoms with Crippen LogP contribution in [0.1, 0.15) is 0 Å². The van der Waals surface area contributed by atoms with Crippen molar-refractivity contribution < 1.29 is 56.3 Å². The maximum absolute atomic E-state index is 10.4. The minimum atomic E-state index is -0.573. The number of H-pyrrole nitrogens is 1. The third-order valence-corrected chi connectivity index (χ3v) is 0.979. The predicted octanol–water partition coefficient (Wildman–Crippen LogP) is -2.71. The van der Waals surface area contributed by atoms with Crippen molar-refractivity contribution in [3.63, 3.8) is 0 Å². The van der Waals surface area contributed by atoms with Crippen molar-refractivity contribution in [2.24, 2.45) is 0 Å². The molecule has 1 aromatic heterocycles. The maximum Gasteiger partial charge on any atom is 1.00 e. The molecular weight excluding hydrogens is 175 g/mol. The smallest absolute Gasteiger partial charge is 0.323 e. The molecule has 0 aliphatic rings. The second-order valence-corrected chi connectivity index (χ2v) is 1.67. The van der Waals surface area contributed by atoms with Crippen LogP contribution in [0, 0.1) is 10.1 Å². The standard InChI is InChI=1S/C5H4N2O3.K/c8-5-2-1-4(3-6-5)7(9)10;/h1-3H,(H,6,8);/q;+1. The summed E-state index contributed by atoms with van der Waals surface area (Å²) in [6.45, 7) is 0. The Balaban J connectivity index is 0.000001000. The molecule has 0 aliphatic heterocycles. The van der Waals surface area contributed by atoms with Crippen molar-refractivity contribution >= 4 is 5.69 Å². The van der Waals surface area contributed by atoms with Crippen LogP contribution in [0.15, 0.2) is 23.1 Å². The average molecular weight is 179 g/mol. The van der Waals surface area contributed by atoms with Crippen LogP contribution >= 0.6 is 0 Å². The summed E-state index contributed by atoms with van der Waals surface area (Å²) in [6.07, 6.45) is 1.06. The molecule has 0 radical (unpaired) electrons. The molecule has 1 aromatic rings. The van der Waals surface area contributed by atoms with Gasteiger partial charge in [0.1, 0.15) is 0 Å². The van der Waals surface area contributed by atoms with Gasteiger partial charge in [-0.3, -0.25) is 14.9 Å². The van der Waals surface area contributed by atoms with Gasteiger partial charge in [0.2, 0.25) is 5.56 Å². The van der Waals surface area contributed by atoms with E-state index in [1.807, 2.05) is 0 Å². The summed E-state index contributed by atoms with van der Waals surface area (Å²) in [5.74, 6) is 0. The number of aromatic nitrogens is 1. The van der Waals surface area contributed by atoms with E-state index in [1.54, 1.807) is 0 Å². The van der Waals surface area contributed by atoms with Gasteiger partial charge in [-0.25, -0.2) is 0 Å². The zero-order chi connectivity index (χ0) is 7.56. The molecule has 0 bridgehead atoms.